The molecular weight excluding hydrogens is 242 g/mol. The van der Waals surface area contributed by atoms with Gasteiger partial charge in [0, 0.05) is 16.2 Å². The molecule has 1 aromatic carbocycles. The molecule has 0 bridgehead atoms. The second kappa shape index (κ2) is 5.79. The zero-order valence-corrected chi connectivity index (χ0v) is 12.0. The van der Waals surface area contributed by atoms with Crippen molar-refractivity contribution in [2.24, 2.45) is 0 Å². The van der Waals surface area contributed by atoms with Crippen LogP contribution in [0.2, 0.25) is 0 Å². The summed E-state index contributed by atoms with van der Waals surface area (Å²) in [6.07, 6.45) is 4.42. The van der Waals surface area contributed by atoms with Crippen molar-refractivity contribution in [2.45, 2.75) is 50.0 Å². The summed E-state index contributed by atoms with van der Waals surface area (Å²) >= 11 is 1.81. The van der Waals surface area contributed by atoms with Crippen LogP contribution in [0.15, 0.2) is 29.2 Å². The molecule has 18 heavy (non-hydrogen) atoms. The molecule has 1 amide bonds. The third-order valence-electron chi connectivity index (χ3n) is 3.70. The van der Waals surface area contributed by atoms with E-state index in [1.165, 1.54) is 12.8 Å². The number of hydrogen-bond acceptors (Lipinski definition) is 2. The average Bonchev–Trinajstić information content (AvgIpc) is 2.55. The minimum absolute atomic E-state index is 0.0310. The summed E-state index contributed by atoms with van der Waals surface area (Å²) in [7, 11) is 0. The predicted octanol–water partition coefficient (Wildman–Crippen LogP) is 3.86. The summed E-state index contributed by atoms with van der Waals surface area (Å²) in [5.41, 5.74) is 0.797. The Hall–Kier alpha value is -0.960. The van der Waals surface area contributed by atoms with Gasteiger partial charge in [0.05, 0.1) is 5.56 Å². The van der Waals surface area contributed by atoms with Crippen molar-refractivity contribution in [2.75, 3.05) is 5.75 Å². The van der Waals surface area contributed by atoms with Gasteiger partial charge in [0.25, 0.3) is 5.91 Å². The van der Waals surface area contributed by atoms with Crippen molar-refractivity contribution >= 4 is 17.7 Å². The summed E-state index contributed by atoms with van der Waals surface area (Å²) in [6.45, 7) is 4.37. The molecule has 2 nitrogen and oxygen atoms in total. The Morgan fingerprint density at radius 2 is 2.11 bits per heavy atom. The normalized spacial score (nSPS) is 23.1. The number of fused-ring (bicyclic) bond motifs is 1. The standard InChI is InChI=1S/C15H21NOS/c1-3-5-10-15(4-2)11-18-13-9-7-6-8-12(13)14(17)16-15/h6-9H,3-5,10-11H2,1-2H3,(H,16,17). The Bertz CT molecular complexity index is 432. The Kier molecular flexibility index (Phi) is 4.33. The van der Waals surface area contributed by atoms with Crippen molar-refractivity contribution in [3.05, 3.63) is 29.8 Å². The van der Waals surface area contributed by atoms with Crippen LogP contribution in [0.1, 0.15) is 49.9 Å². The maximum atomic E-state index is 12.3. The molecule has 3 heteroatoms. The zero-order chi connectivity index (χ0) is 13.0. The van der Waals surface area contributed by atoms with Gasteiger partial charge in [0.2, 0.25) is 0 Å². The summed E-state index contributed by atoms with van der Waals surface area (Å²) in [4.78, 5) is 13.4. The zero-order valence-electron chi connectivity index (χ0n) is 11.2. The maximum absolute atomic E-state index is 12.3. The van der Waals surface area contributed by atoms with Gasteiger partial charge in [-0.15, -0.1) is 11.8 Å². The first-order valence-corrected chi connectivity index (χ1v) is 7.73. The molecule has 1 aliphatic rings. The molecule has 0 aliphatic carbocycles. The second-order valence-electron chi connectivity index (χ2n) is 4.98. The van der Waals surface area contributed by atoms with E-state index in [2.05, 4.69) is 19.2 Å². The molecule has 98 valence electrons. The number of amides is 1. The molecule has 1 N–H and O–H groups in total. The highest BCUT2D eigenvalue weighted by Crippen LogP contribution is 2.33. The fraction of sp³-hybridized carbons (Fsp3) is 0.533. The van der Waals surface area contributed by atoms with Crippen LogP contribution >= 0.6 is 11.8 Å². The molecule has 2 rings (SSSR count). The van der Waals surface area contributed by atoms with Crippen LogP contribution in [0.3, 0.4) is 0 Å². The van der Waals surface area contributed by atoms with E-state index in [0.29, 0.717) is 0 Å². The average molecular weight is 263 g/mol. The van der Waals surface area contributed by atoms with Gasteiger partial charge in [0.1, 0.15) is 0 Å². The minimum atomic E-state index is -0.0310. The number of unbranched alkanes of at least 4 members (excludes halogenated alkanes) is 1. The van der Waals surface area contributed by atoms with E-state index in [0.717, 1.165) is 29.1 Å². The molecule has 0 saturated heterocycles. The lowest BCUT2D eigenvalue weighted by molar-refractivity contribution is 0.0899. The van der Waals surface area contributed by atoms with Gasteiger partial charge in [-0.05, 0) is 25.0 Å². The Balaban J connectivity index is 2.24. The molecule has 0 aromatic heterocycles. The van der Waals surface area contributed by atoms with Crippen molar-refractivity contribution in [3.63, 3.8) is 0 Å². The number of hydrogen-bond donors (Lipinski definition) is 1. The highest BCUT2D eigenvalue weighted by molar-refractivity contribution is 7.99. The lowest BCUT2D eigenvalue weighted by Crippen LogP contribution is -2.49. The number of benzene rings is 1. The maximum Gasteiger partial charge on any atom is 0.252 e. The Morgan fingerprint density at radius 3 is 2.83 bits per heavy atom. The largest absolute Gasteiger partial charge is 0.346 e. The molecule has 1 aliphatic heterocycles. The van der Waals surface area contributed by atoms with Crippen molar-refractivity contribution in [1.29, 1.82) is 0 Å². The molecular formula is C15H21NOS. The summed E-state index contributed by atoms with van der Waals surface area (Å²) in [5.74, 6) is 1.07. The van der Waals surface area contributed by atoms with Gasteiger partial charge in [-0.3, -0.25) is 4.79 Å². The predicted molar refractivity (Wildman–Crippen MR) is 77.2 cm³/mol. The van der Waals surface area contributed by atoms with Crippen molar-refractivity contribution in [1.82, 2.24) is 5.32 Å². The highest BCUT2D eigenvalue weighted by Gasteiger charge is 2.33. The third-order valence-corrected chi connectivity index (χ3v) is 5.06. The number of carbonyl (C=O) groups is 1. The van der Waals surface area contributed by atoms with Gasteiger partial charge in [-0.25, -0.2) is 0 Å². The number of nitrogens with one attached hydrogen (secondary N) is 1. The quantitative estimate of drug-likeness (QED) is 0.893. The van der Waals surface area contributed by atoms with Crippen LogP contribution in [0, 0.1) is 0 Å². The fourth-order valence-electron chi connectivity index (χ4n) is 2.36. The van der Waals surface area contributed by atoms with E-state index in [4.69, 9.17) is 0 Å². The van der Waals surface area contributed by atoms with Crippen LogP contribution in [-0.2, 0) is 0 Å². The molecule has 0 saturated carbocycles. The number of thioether (sulfide) groups is 1. The van der Waals surface area contributed by atoms with Gasteiger partial charge in [0.15, 0.2) is 0 Å². The van der Waals surface area contributed by atoms with E-state index < -0.39 is 0 Å². The van der Waals surface area contributed by atoms with Crippen LogP contribution in [-0.4, -0.2) is 17.2 Å². The van der Waals surface area contributed by atoms with Crippen molar-refractivity contribution in [3.8, 4) is 0 Å². The monoisotopic (exact) mass is 263 g/mol. The number of carbonyl (C=O) groups excluding carboxylic acids is 1. The number of rotatable bonds is 4. The third kappa shape index (κ3) is 2.72. The van der Waals surface area contributed by atoms with Gasteiger partial charge in [-0.2, -0.15) is 0 Å². The molecule has 0 radical (unpaired) electrons. The molecule has 1 atom stereocenters. The summed E-state index contributed by atoms with van der Waals surface area (Å²) < 4.78 is 0. The van der Waals surface area contributed by atoms with Gasteiger partial charge >= 0.3 is 0 Å². The molecule has 0 spiro atoms. The molecule has 1 unspecified atom stereocenters. The first kappa shape index (κ1) is 13.5. The van der Waals surface area contributed by atoms with Crippen LogP contribution < -0.4 is 5.32 Å². The first-order valence-electron chi connectivity index (χ1n) is 6.75. The minimum Gasteiger partial charge on any atom is -0.346 e. The van der Waals surface area contributed by atoms with Crippen LogP contribution in [0.25, 0.3) is 0 Å². The topological polar surface area (TPSA) is 29.1 Å². The smallest absolute Gasteiger partial charge is 0.252 e. The van der Waals surface area contributed by atoms with E-state index in [1.54, 1.807) is 0 Å². The van der Waals surface area contributed by atoms with Gasteiger partial charge < -0.3 is 5.32 Å². The van der Waals surface area contributed by atoms with Gasteiger partial charge in [-0.1, -0.05) is 38.8 Å². The van der Waals surface area contributed by atoms with E-state index >= 15 is 0 Å². The molecule has 1 aromatic rings. The molecule has 1 heterocycles. The Morgan fingerprint density at radius 1 is 1.33 bits per heavy atom. The fourth-order valence-corrected chi connectivity index (χ4v) is 3.70. The molecule has 0 fully saturated rings. The highest BCUT2D eigenvalue weighted by atomic mass is 32.2. The van der Waals surface area contributed by atoms with Crippen LogP contribution in [0.5, 0.6) is 0 Å². The van der Waals surface area contributed by atoms with E-state index in [9.17, 15) is 4.79 Å². The van der Waals surface area contributed by atoms with E-state index in [1.807, 2.05) is 36.0 Å². The lowest BCUT2D eigenvalue weighted by atomic mass is 9.91. The summed E-state index contributed by atoms with van der Waals surface area (Å²) in [5, 5.41) is 3.27. The van der Waals surface area contributed by atoms with Crippen molar-refractivity contribution < 1.29 is 4.79 Å². The van der Waals surface area contributed by atoms with E-state index in [-0.39, 0.29) is 11.4 Å². The first-order chi connectivity index (χ1) is 8.71. The lowest BCUT2D eigenvalue weighted by Gasteiger charge is -2.32. The summed E-state index contributed by atoms with van der Waals surface area (Å²) in [6, 6.07) is 7.91. The van der Waals surface area contributed by atoms with Crippen LogP contribution in [0.4, 0.5) is 0 Å². The second-order valence-corrected chi connectivity index (χ2v) is 5.99. The SMILES string of the molecule is CCCCC1(CC)CSc2ccccc2C(=O)N1. The Labute approximate surface area is 114 Å².